The number of hydrogen-bond donors (Lipinski definition) is 5. The second-order valence-electron chi connectivity index (χ2n) is 34.7. The van der Waals surface area contributed by atoms with Gasteiger partial charge in [-0.15, -0.1) is 26.3 Å². The Morgan fingerprint density at radius 2 is 0.942 bits per heavy atom. The van der Waals surface area contributed by atoms with Crippen molar-refractivity contribution in [1.29, 1.82) is 0 Å². The molecule has 6 N–H and O–H groups in total. The number of amides is 2. The van der Waals surface area contributed by atoms with Gasteiger partial charge in [0.05, 0.1) is 58.5 Å². The number of nitrogens with one attached hydrogen (secondary N) is 4. The van der Waals surface area contributed by atoms with Gasteiger partial charge in [-0.25, -0.2) is 76.7 Å². The largest absolute Gasteiger partial charge is 0.519 e. The predicted octanol–water partition coefficient (Wildman–Crippen LogP) is 21.2. The van der Waals surface area contributed by atoms with Gasteiger partial charge >= 0.3 is 36.7 Å². The topological polar surface area (TPSA) is 424 Å². The van der Waals surface area contributed by atoms with Gasteiger partial charge in [-0.1, -0.05) is 56.1 Å². The van der Waals surface area contributed by atoms with Crippen LogP contribution < -0.4 is 21.1 Å². The number of Topliss-reactive ketones (excluding diaryl/α,β-unsaturated/α-hetero) is 2. The Balaban J connectivity index is 0.000000759. The van der Waals surface area contributed by atoms with Gasteiger partial charge in [-0.3, -0.25) is 9.59 Å². The summed E-state index contributed by atoms with van der Waals surface area (Å²) in [6, 6.07) is -0.414. The Bertz CT molecular complexity index is 4290. The van der Waals surface area contributed by atoms with Crippen LogP contribution in [0.2, 0.25) is 25.7 Å². The number of rotatable bonds is 29. The lowest BCUT2D eigenvalue weighted by Gasteiger charge is -2.24. The van der Waals surface area contributed by atoms with Gasteiger partial charge in [0, 0.05) is 46.1 Å². The summed E-state index contributed by atoms with van der Waals surface area (Å²) in [6.07, 6.45) is 21.9. The van der Waals surface area contributed by atoms with Gasteiger partial charge in [0.25, 0.3) is 11.8 Å². The van der Waals surface area contributed by atoms with Crippen LogP contribution in [0.4, 0.5) is 28.8 Å². The first-order valence-electron chi connectivity index (χ1n) is 38.6. The molecule has 0 bridgehead atoms. The summed E-state index contributed by atoms with van der Waals surface area (Å²) < 4.78 is 73.2. The van der Waals surface area contributed by atoms with Crippen molar-refractivity contribution >= 4 is 131 Å². The fraction of sp³-hybridized carbons (Fsp3) is 0.561. The van der Waals surface area contributed by atoms with E-state index in [0.29, 0.717) is 60.3 Å². The highest BCUT2D eigenvalue weighted by molar-refractivity contribution is 9.11. The van der Waals surface area contributed by atoms with Crippen molar-refractivity contribution in [3.63, 3.8) is 0 Å². The zero-order chi connectivity index (χ0) is 92.8. The van der Waals surface area contributed by atoms with Gasteiger partial charge < -0.3 is 72.6 Å². The lowest BCUT2D eigenvalue weighted by Crippen LogP contribution is -2.37. The molecule has 0 aliphatic carbocycles. The Kier molecular flexibility index (Phi) is 47.3. The van der Waals surface area contributed by atoms with Gasteiger partial charge in [0.15, 0.2) is 0 Å². The zero-order valence-corrected chi connectivity index (χ0v) is 82.4. The number of ether oxygens (including phenoxy) is 8. The smallest absolute Gasteiger partial charge is 0.444 e. The molecule has 676 valence electrons. The van der Waals surface area contributed by atoms with Crippen LogP contribution in [0.15, 0.2) is 140 Å². The molecule has 0 radical (unpaired) electrons. The molecule has 0 aliphatic rings. The number of H-pyrrole nitrogens is 1. The molecule has 0 spiro atoms. The molecule has 33 nitrogen and oxygen atoms in total. The highest BCUT2D eigenvalue weighted by atomic mass is 79.9. The third-order valence-electron chi connectivity index (χ3n) is 13.8. The van der Waals surface area contributed by atoms with Crippen LogP contribution in [0.1, 0.15) is 266 Å². The van der Waals surface area contributed by atoms with E-state index in [-0.39, 0.29) is 52.4 Å². The van der Waals surface area contributed by atoms with E-state index in [4.69, 9.17) is 47.7 Å². The summed E-state index contributed by atoms with van der Waals surface area (Å²) in [4.78, 5) is 123. The van der Waals surface area contributed by atoms with Crippen LogP contribution in [0, 0.1) is 0 Å². The number of imidazole rings is 4. The van der Waals surface area contributed by atoms with Crippen molar-refractivity contribution in [2.75, 3.05) is 6.61 Å². The monoisotopic (exact) mass is 1990 g/mol. The van der Waals surface area contributed by atoms with E-state index in [9.17, 15) is 42.6 Å². The third-order valence-corrected chi connectivity index (χ3v) is 18.7. The number of ketones is 2. The van der Waals surface area contributed by atoms with Crippen molar-refractivity contribution in [2.45, 2.75) is 292 Å². The van der Waals surface area contributed by atoms with Crippen molar-refractivity contribution < 1.29 is 89.3 Å². The number of aromatic nitrogens is 10. The first kappa shape index (κ1) is 111. The Hall–Kier alpha value is -8.31. The molecule has 1 unspecified atom stereocenters. The number of allylic oxidation sites excluding steroid dienone is 2. The van der Waals surface area contributed by atoms with Crippen LogP contribution in [0.25, 0.3) is 0 Å². The van der Waals surface area contributed by atoms with Gasteiger partial charge in [0.2, 0.25) is 11.6 Å². The minimum absolute atomic E-state index is 0.0706. The number of halogens is 4. The maximum Gasteiger partial charge on any atom is 0.519 e. The van der Waals surface area contributed by atoms with E-state index in [1.165, 1.54) is 46.4 Å². The molecule has 6 heterocycles. The molecule has 0 aliphatic heterocycles. The molecule has 0 fully saturated rings. The summed E-state index contributed by atoms with van der Waals surface area (Å²) in [5.74, 6) is 2.17. The van der Waals surface area contributed by atoms with Gasteiger partial charge in [-0.2, -0.15) is 0 Å². The number of oxazole rings is 2. The molecule has 6 aromatic rings. The number of nitrogens with zero attached hydrogens (tertiary/aromatic N) is 9. The highest BCUT2D eigenvalue weighted by Gasteiger charge is 2.32. The third kappa shape index (κ3) is 50.2. The molecule has 2 amide bonds. The SMILES string of the molecule is C=CCC(NC(=O)OC(C)(C)C)c1nc(Br)cn1C(=O)OC(C)(C)C.C=CCCC(=O)c1ncco1.C=CC[C@H](N)c1ncc(Br)[nH]1.C=CC[C@H](N[S@@](=O)C(C)(C)C)c1nc(Br)cn1COCC[Si](C)(C)C.CC(C)(C)OC(=O)N[C@@H](C/C=C/CCC(=O)c1ncco1)c1nc(Br)cn1C(=O)OC(C)(C)C.CC(C)(C)OC(=O)OC(=O)OC(C)(C)C. The van der Waals surface area contributed by atoms with E-state index in [1.54, 1.807) is 161 Å². The van der Waals surface area contributed by atoms with E-state index in [1.807, 2.05) is 37.6 Å². The number of carbonyl (C=O) groups excluding carboxylic acids is 8. The summed E-state index contributed by atoms with van der Waals surface area (Å²) in [6.45, 7) is 59.9. The quantitative estimate of drug-likeness (QED) is 0.00554. The number of carbonyl (C=O) groups is 8. The van der Waals surface area contributed by atoms with E-state index < -0.39 is 101 Å². The van der Waals surface area contributed by atoms with Crippen LogP contribution >= 0.6 is 63.7 Å². The maximum absolute atomic E-state index is 12.7. The minimum Gasteiger partial charge on any atom is -0.444 e. The van der Waals surface area contributed by atoms with Gasteiger partial charge in [0.1, 0.15) is 94.6 Å². The average molecular weight is 1990 g/mol. The molecular formula is C82H126Br4N14O19SSi. The normalized spacial score (nSPS) is 13.0. The molecule has 0 saturated heterocycles. The summed E-state index contributed by atoms with van der Waals surface area (Å²) >= 11 is 13.2. The second kappa shape index (κ2) is 51.7. The number of alkyl carbamates (subject to hydrolysis) is 2. The zero-order valence-electron chi connectivity index (χ0n) is 74.3. The lowest BCUT2D eigenvalue weighted by molar-refractivity contribution is -0.0295. The Morgan fingerprint density at radius 1 is 0.537 bits per heavy atom. The van der Waals surface area contributed by atoms with Crippen molar-refractivity contribution in [3.8, 4) is 0 Å². The van der Waals surface area contributed by atoms with E-state index >= 15 is 0 Å². The number of aromatic amines is 1. The molecule has 6 aromatic heterocycles. The van der Waals surface area contributed by atoms with Crippen molar-refractivity contribution in [2.24, 2.45) is 5.73 Å². The molecule has 0 saturated carbocycles. The molecule has 6 rings (SSSR count). The fourth-order valence-corrected chi connectivity index (χ4v) is 11.9. The standard InChI is InChI=1S/C23H31BrN4O6.C17H26BrN3O4.C17H32BrN3O2SSi.C10H18O5.C8H9NO2.C7H10BrN3/c1-22(2,3)33-20(30)26-15(10-8-7-9-11-16(29)19-25-12-13-32-19)18-27-17(24)14-28(18)21(31)34-23(4,5)6;1-8-9-11(19-14(22)24-16(2,3)4)13-20-12(18)10-21(13)15(23)25-17(5,6)7;1-8-9-14(20-24(22)17(2,3)4)16-19-15(18)12-21(16)13-23-10-11-25(5,6)7;1-9(2,3)14-7(11)13-8(12)15-10(4,5)6;1-2-3-4-7(10)8-9-5-6-11-8;1-2-3-5(9)7-10-4-6(8)11-7/h7-8,12-15H,9-11H2,1-6H3,(H,26,30);8,10-11H,1,9H2,2-7H3,(H,19,22);8,12,14,20H,1,9-11,13H2,2-7H3;1-6H3;2,5-6H,1,3-4H2;2,4-5H,1,3,9H2,(H,10,11)/b8-7+;;;;;/t15-;;14-,24-;;;5-/m0.0..0/s1. The minimum atomic E-state index is -1.19. The Morgan fingerprint density at radius 3 is 1.31 bits per heavy atom. The fourth-order valence-electron chi connectivity index (χ4n) is 8.80. The van der Waals surface area contributed by atoms with Crippen LogP contribution in [-0.2, 0) is 55.6 Å². The average Bonchev–Trinajstić information content (AvgIpc) is 1.71. The highest BCUT2D eigenvalue weighted by Crippen LogP contribution is 2.28. The number of hydrogen-bond acceptors (Lipinski definition) is 26. The number of nitrogens with two attached hydrogens (primary N) is 1. The lowest BCUT2D eigenvalue weighted by atomic mass is 10.1. The van der Waals surface area contributed by atoms with E-state index in [2.05, 4.69) is 165 Å². The van der Waals surface area contributed by atoms with Crippen LogP contribution in [0.5, 0.6) is 0 Å². The van der Waals surface area contributed by atoms with Gasteiger partial charge in [-0.05, 0) is 254 Å². The molecule has 0 aromatic carbocycles. The Labute approximate surface area is 749 Å². The first-order chi connectivity index (χ1) is 55.6. The second-order valence-corrected chi connectivity index (χ2v) is 45.6. The molecule has 121 heavy (non-hydrogen) atoms. The van der Waals surface area contributed by atoms with Crippen LogP contribution in [-0.4, -0.2) is 154 Å². The van der Waals surface area contributed by atoms with Crippen LogP contribution in [0.3, 0.4) is 0 Å². The maximum atomic E-state index is 12.7. The first-order valence-corrected chi connectivity index (χ1v) is 46.6. The van der Waals surface area contributed by atoms with E-state index in [0.717, 1.165) is 39.9 Å². The predicted molar refractivity (Wildman–Crippen MR) is 480 cm³/mol. The summed E-state index contributed by atoms with van der Waals surface area (Å²) in [7, 11) is -2.30. The molecule has 5 atom stereocenters. The van der Waals surface area contributed by atoms with Crippen molar-refractivity contribution in [1.82, 2.24) is 63.9 Å². The molecule has 39 heteroatoms. The summed E-state index contributed by atoms with van der Waals surface area (Å²) in [5, 5.41) is 5.48. The van der Waals surface area contributed by atoms with Crippen molar-refractivity contribution in [3.05, 3.63) is 166 Å². The molecular weight excluding hydrogens is 1860 g/mol. The summed E-state index contributed by atoms with van der Waals surface area (Å²) in [5.41, 5.74) is 1.64.